The van der Waals surface area contributed by atoms with Gasteiger partial charge in [-0.25, -0.2) is 0 Å². The van der Waals surface area contributed by atoms with Crippen LogP contribution in [0.1, 0.15) is 19.8 Å². The van der Waals surface area contributed by atoms with Crippen molar-refractivity contribution in [3.63, 3.8) is 0 Å². The van der Waals surface area contributed by atoms with Gasteiger partial charge >= 0.3 is 0 Å². The molecule has 0 aliphatic heterocycles. The van der Waals surface area contributed by atoms with E-state index >= 15 is 0 Å². The molecule has 102 valence electrons. The average Bonchev–Trinajstić information content (AvgIpc) is 2.42. The lowest BCUT2D eigenvalue weighted by atomic mass is 10.3. The van der Waals surface area contributed by atoms with E-state index in [4.69, 9.17) is 14.6 Å². The van der Waals surface area contributed by atoms with Crippen LogP contribution in [0.15, 0.2) is 24.3 Å². The summed E-state index contributed by atoms with van der Waals surface area (Å²) in [5.41, 5.74) is 0. The second-order valence-corrected chi connectivity index (χ2v) is 5.08. The Bertz CT molecular complexity index is 300. The quantitative estimate of drug-likeness (QED) is 0.663. The highest BCUT2D eigenvalue weighted by Gasteiger charge is 1.96. The summed E-state index contributed by atoms with van der Waals surface area (Å²) < 4.78 is 11.1. The van der Waals surface area contributed by atoms with Crippen LogP contribution in [0.4, 0.5) is 0 Å². The molecule has 0 saturated carbocycles. The second-order valence-electron chi connectivity index (χ2n) is 3.86. The molecule has 0 aliphatic rings. The van der Waals surface area contributed by atoms with Crippen LogP contribution in [0.5, 0.6) is 11.5 Å². The maximum Gasteiger partial charge on any atom is 0.119 e. The number of hydrogen-bond donors (Lipinski definition) is 1. The van der Waals surface area contributed by atoms with E-state index in [0.717, 1.165) is 42.5 Å². The minimum Gasteiger partial charge on any atom is -0.494 e. The highest BCUT2D eigenvalue weighted by molar-refractivity contribution is 7.99. The van der Waals surface area contributed by atoms with Crippen LogP contribution < -0.4 is 9.47 Å². The molecular formula is C14H22O3S. The average molecular weight is 270 g/mol. The lowest BCUT2D eigenvalue weighted by Gasteiger charge is -2.08. The second kappa shape index (κ2) is 10.1. The van der Waals surface area contributed by atoms with E-state index in [-0.39, 0.29) is 6.61 Å². The van der Waals surface area contributed by atoms with E-state index in [1.807, 2.05) is 24.3 Å². The monoisotopic (exact) mass is 270 g/mol. The maximum absolute atomic E-state index is 8.63. The van der Waals surface area contributed by atoms with Gasteiger partial charge < -0.3 is 14.6 Å². The van der Waals surface area contributed by atoms with E-state index in [1.165, 1.54) is 0 Å². The molecule has 0 aromatic heterocycles. The number of thioether (sulfide) groups is 1. The van der Waals surface area contributed by atoms with Crippen molar-refractivity contribution in [1.29, 1.82) is 0 Å². The van der Waals surface area contributed by atoms with Gasteiger partial charge in [-0.3, -0.25) is 0 Å². The first-order chi connectivity index (χ1) is 8.86. The molecule has 0 saturated heterocycles. The molecule has 0 unspecified atom stereocenters. The number of aliphatic hydroxyl groups is 1. The molecule has 0 radical (unpaired) electrons. The summed E-state index contributed by atoms with van der Waals surface area (Å²) in [6.45, 7) is 3.81. The largest absolute Gasteiger partial charge is 0.494 e. The van der Waals surface area contributed by atoms with Crippen molar-refractivity contribution in [3.05, 3.63) is 24.3 Å². The van der Waals surface area contributed by atoms with Gasteiger partial charge in [-0.2, -0.15) is 11.8 Å². The maximum atomic E-state index is 8.63. The molecule has 0 amide bonds. The molecule has 0 aliphatic carbocycles. The minimum atomic E-state index is 0.271. The number of rotatable bonds is 10. The van der Waals surface area contributed by atoms with Crippen molar-refractivity contribution < 1.29 is 14.6 Å². The lowest BCUT2D eigenvalue weighted by molar-refractivity contribution is 0.296. The first kappa shape index (κ1) is 15.2. The van der Waals surface area contributed by atoms with Gasteiger partial charge in [0.05, 0.1) is 13.2 Å². The van der Waals surface area contributed by atoms with E-state index in [2.05, 4.69) is 6.92 Å². The standard InChI is InChI=1S/C14H22O3S/c1-2-9-16-13-4-6-14(7-5-13)17-10-12-18-11-3-8-15/h4-7,15H,2-3,8-12H2,1H3. The zero-order valence-corrected chi connectivity index (χ0v) is 11.7. The Labute approximate surface area is 113 Å². The van der Waals surface area contributed by atoms with Crippen molar-refractivity contribution >= 4 is 11.8 Å². The highest BCUT2D eigenvalue weighted by Crippen LogP contribution is 2.18. The Hall–Kier alpha value is -0.870. The first-order valence-electron chi connectivity index (χ1n) is 6.41. The fraction of sp³-hybridized carbons (Fsp3) is 0.571. The number of benzene rings is 1. The zero-order chi connectivity index (χ0) is 13.1. The number of ether oxygens (including phenoxy) is 2. The number of aliphatic hydroxyl groups excluding tert-OH is 1. The van der Waals surface area contributed by atoms with Crippen LogP contribution in [0, 0.1) is 0 Å². The van der Waals surface area contributed by atoms with Gasteiger partial charge in [0.15, 0.2) is 0 Å². The van der Waals surface area contributed by atoms with Crippen LogP contribution in [-0.2, 0) is 0 Å². The fourth-order valence-corrected chi connectivity index (χ4v) is 2.08. The summed E-state index contributed by atoms with van der Waals surface area (Å²) in [4.78, 5) is 0. The van der Waals surface area contributed by atoms with Crippen LogP contribution >= 0.6 is 11.8 Å². The van der Waals surface area contributed by atoms with Crippen molar-refractivity contribution in [2.24, 2.45) is 0 Å². The van der Waals surface area contributed by atoms with Crippen LogP contribution in [-0.4, -0.2) is 36.4 Å². The summed E-state index contributed by atoms with van der Waals surface area (Å²) in [5, 5.41) is 8.63. The van der Waals surface area contributed by atoms with Gasteiger partial charge in [-0.15, -0.1) is 0 Å². The molecule has 18 heavy (non-hydrogen) atoms. The Kier molecular flexibility index (Phi) is 8.51. The summed E-state index contributed by atoms with van der Waals surface area (Å²) in [5.74, 6) is 3.71. The van der Waals surface area contributed by atoms with Crippen molar-refractivity contribution in [2.45, 2.75) is 19.8 Å². The van der Waals surface area contributed by atoms with Gasteiger partial charge in [0.25, 0.3) is 0 Å². The minimum absolute atomic E-state index is 0.271. The molecule has 0 heterocycles. The predicted molar refractivity (Wildman–Crippen MR) is 76.8 cm³/mol. The van der Waals surface area contributed by atoms with Gasteiger partial charge in [0.2, 0.25) is 0 Å². The molecule has 1 rings (SSSR count). The Morgan fingerprint density at radius 2 is 1.61 bits per heavy atom. The lowest BCUT2D eigenvalue weighted by Crippen LogP contribution is -2.01. The Morgan fingerprint density at radius 1 is 1.00 bits per heavy atom. The van der Waals surface area contributed by atoms with Gasteiger partial charge in [0, 0.05) is 12.4 Å². The van der Waals surface area contributed by atoms with Crippen molar-refractivity contribution in [3.8, 4) is 11.5 Å². The molecule has 0 bridgehead atoms. The molecule has 0 atom stereocenters. The summed E-state index contributed by atoms with van der Waals surface area (Å²) in [7, 11) is 0. The van der Waals surface area contributed by atoms with Crippen LogP contribution in [0.25, 0.3) is 0 Å². The van der Waals surface area contributed by atoms with E-state index in [0.29, 0.717) is 6.61 Å². The topological polar surface area (TPSA) is 38.7 Å². The molecular weight excluding hydrogens is 248 g/mol. The van der Waals surface area contributed by atoms with Gasteiger partial charge in [-0.05, 0) is 42.9 Å². The molecule has 3 nitrogen and oxygen atoms in total. The molecule has 0 spiro atoms. The van der Waals surface area contributed by atoms with E-state index in [9.17, 15) is 0 Å². The molecule has 4 heteroatoms. The summed E-state index contributed by atoms with van der Waals surface area (Å²) in [6, 6.07) is 7.74. The zero-order valence-electron chi connectivity index (χ0n) is 10.9. The molecule has 1 aromatic rings. The third-order valence-corrected chi connectivity index (χ3v) is 3.27. The molecule has 1 aromatic carbocycles. The first-order valence-corrected chi connectivity index (χ1v) is 7.56. The Balaban J connectivity index is 2.14. The smallest absolute Gasteiger partial charge is 0.119 e. The SMILES string of the molecule is CCCOc1ccc(OCCSCCCO)cc1. The van der Waals surface area contributed by atoms with Gasteiger partial charge in [0.1, 0.15) is 11.5 Å². The normalized spacial score (nSPS) is 10.3. The van der Waals surface area contributed by atoms with E-state index in [1.54, 1.807) is 11.8 Å². The van der Waals surface area contributed by atoms with E-state index < -0.39 is 0 Å². The van der Waals surface area contributed by atoms with Crippen LogP contribution in [0.3, 0.4) is 0 Å². The van der Waals surface area contributed by atoms with Gasteiger partial charge in [-0.1, -0.05) is 6.92 Å². The fourth-order valence-electron chi connectivity index (χ4n) is 1.34. The third kappa shape index (κ3) is 6.77. The van der Waals surface area contributed by atoms with Crippen molar-refractivity contribution in [2.75, 3.05) is 31.3 Å². The molecule has 0 fully saturated rings. The predicted octanol–water partition coefficient (Wildman–Crippen LogP) is 2.97. The summed E-state index contributed by atoms with van der Waals surface area (Å²) in [6.07, 6.45) is 1.87. The Morgan fingerprint density at radius 3 is 2.17 bits per heavy atom. The third-order valence-electron chi connectivity index (χ3n) is 2.24. The highest BCUT2D eigenvalue weighted by atomic mass is 32.2. The summed E-state index contributed by atoms with van der Waals surface area (Å²) >= 11 is 1.80. The van der Waals surface area contributed by atoms with Crippen LogP contribution in [0.2, 0.25) is 0 Å². The molecule has 1 N–H and O–H groups in total. The van der Waals surface area contributed by atoms with Crippen molar-refractivity contribution in [1.82, 2.24) is 0 Å². The number of hydrogen-bond acceptors (Lipinski definition) is 4.